The maximum atomic E-state index is 12.2. The molecule has 6 nitrogen and oxygen atoms in total. The van der Waals surface area contributed by atoms with Crippen LogP contribution in [0, 0.1) is 13.8 Å². The standard InChI is InChI=1S/C15H16F3NO5S/c1-6-8(3)25-11(12(6)7(2)20)5-9(21)4-10(13(22)23)19-14(24)15(16,17)18/h10H,4-5H2,1-3H3,(H,19,24)(H,22,23)/t10-/m0/s1. The summed E-state index contributed by atoms with van der Waals surface area (Å²) in [5.41, 5.74) is 1.07. The number of hydrogen-bond acceptors (Lipinski definition) is 5. The molecule has 1 aromatic rings. The maximum Gasteiger partial charge on any atom is 0.471 e. The summed E-state index contributed by atoms with van der Waals surface area (Å²) in [4.78, 5) is 46.8. The first-order valence-corrected chi connectivity index (χ1v) is 7.88. The number of carboxylic acid groups (broad SMARTS) is 1. The van der Waals surface area contributed by atoms with Crippen molar-refractivity contribution in [2.75, 3.05) is 0 Å². The fourth-order valence-electron chi connectivity index (χ4n) is 2.20. The first-order chi connectivity index (χ1) is 11.3. The van der Waals surface area contributed by atoms with E-state index in [0.29, 0.717) is 16.0 Å². The van der Waals surface area contributed by atoms with E-state index in [1.807, 2.05) is 0 Å². The van der Waals surface area contributed by atoms with E-state index < -0.39 is 36.3 Å². The van der Waals surface area contributed by atoms with Crippen LogP contribution < -0.4 is 5.32 Å². The number of thiophene rings is 1. The first kappa shape index (κ1) is 20.8. The Bertz CT molecular complexity index is 723. The molecule has 0 saturated carbocycles. The van der Waals surface area contributed by atoms with Gasteiger partial charge in [0.15, 0.2) is 5.78 Å². The number of nitrogens with one attached hydrogen (secondary N) is 1. The van der Waals surface area contributed by atoms with E-state index >= 15 is 0 Å². The predicted octanol–water partition coefficient (Wildman–Crippen LogP) is 2.20. The number of Topliss-reactive ketones (excluding diaryl/α,β-unsaturated/α-hetero) is 2. The molecule has 1 aromatic heterocycles. The Kier molecular flexibility index (Phi) is 6.47. The summed E-state index contributed by atoms with van der Waals surface area (Å²) >= 11 is 1.19. The summed E-state index contributed by atoms with van der Waals surface area (Å²) in [7, 11) is 0. The SMILES string of the molecule is CC(=O)c1c(CC(=O)C[C@H](NC(=O)C(F)(F)F)C(=O)O)sc(C)c1C. The van der Waals surface area contributed by atoms with Crippen molar-refractivity contribution in [3.63, 3.8) is 0 Å². The van der Waals surface area contributed by atoms with Crippen LogP contribution in [0.5, 0.6) is 0 Å². The van der Waals surface area contributed by atoms with Crippen molar-refractivity contribution in [2.45, 2.75) is 45.8 Å². The highest BCUT2D eigenvalue weighted by Gasteiger charge is 2.41. The van der Waals surface area contributed by atoms with Crippen molar-refractivity contribution >= 4 is 34.8 Å². The number of halogens is 3. The number of ketones is 2. The van der Waals surface area contributed by atoms with Gasteiger partial charge in [0, 0.05) is 28.2 Å². The van der Waals surface area contributed by atoms with Gasteiger partial charge >= 0.3 is 18.1 Å². The minimum absolute atomic E-state index is 0.259. The van der Waals surface area contributed by atoms with Crippen molar-refractivity contribution < 1.29 is 37.5 Å². The molecule has 0 spiro atoms. The van der Waals surface area contributed by atoms with E-state index in [-0.39, 0.29) is 12.2 Å². The van der Waals surface area contributed by atoms with E-state index in [4.69, 9.17) is 5.11 Å². The first-order valence-electron chi connectivity index (χ1n) is 7.06. The van der Waals surface area contributed by atoms with E-state index in [9.17, 15) is 32.3 Å². The normalized spacial score (nSPS) is 12.6. The molecule has 138 valence electrons. The molecule has 0 bridgehead atoms. The highest BCUT2D eigenvalue weighted by molar-refractivity contribution is 7.12. The van der Waals surface area contributed by atoms with Crippen LogP contribution in [0.3, 0.4) is 0 Å². The van der Waals surface area contributed by atoms with Gasteiger partial charge in [0.2, 0.25) is 0 Å². The Labute approximate surface area is 145 Å². The van der Waals surface area contributed by atoms with Crippen molar-refractivity contribution in [1.29, 1.82) is 0 Å². The highest BCUT2D eigenvalue weighted by atomic mass is 32.1. The van der Waals surface area contributed by atoms with Crippen molar-refractivity contribution in [1.82, 2.24) is 5.32 Å². The minimum atomic E-state index is -5.25. The Morgan fingerprint density at radius 2 is 1.76 bits per heavy atom. The van der Waals surface area contributed by atoms with Gasteiger partial charge in [0.25, 0.3) is 0 Å². The number of carbonyl (C=O) groups is 4. The van der Waals surface area contributed by atoms with Crippen LogP contribution in [0.4, 0.5) is 13.2 Å². The second-order valence-corrected chi connectivity index (χ2v) is 6.73. The van der Waals surface area contributed by atoms with Gasteiger partial charge in [-0.15, -0.1) is 11.3 Å². The van der Waals surface area contributed by atoms with E-state index in [1.54, 1.807) is 13.8 Å². The predicted molar refractivity (Wildman–Crippen MR) is 82.7 cm³/mol. The van der Waals surface area contributed by atoms with E-state index in [0.717, 1.165) is 4.88 Å². The zero-order valence-corrected chi connectivity index (χ0v) is 14.4. The Hall–Kier alpha value is -2.23. The molecule has 25 heavy (non-hydrogen) atoms. The molecule has 0 aliphatic carbocycles. The third-order valence-corrected chi connectivity index (χ3v) is 4.67. The lowest BCUT2D eigenvalue weighted by Crippen LogP contribution is -2.47. The third kappa shape index (κ3) is 5.38. The quantitative estimate of drug-likeness (QED) is 0.708. The number of carboxylic acids is 1. The summed E-state index contributed by atoms with van der Waals surface area (Å²) in [6.07, 6.45) is -6.36. The van der Waals surface area contributed by atoms with Gasteiger partial charge < -0.3 is 10.4 Å². The molecule has 0 aromatic carbocycles. The molecule has 1 rings (SSSR count). The summed E-state index contributed by atoms with van der Waals surface area (Å²) in [6.45, 7) is 4.79. The molecule has 0 radical (unpaired) electrons. The Morgan fingerprint density at radius 3 is 2.20 bits per heavy atom. The number of amides is 1. The smallest absolute Gasteiger partial charge is 0.471 e. The third-order valence-electron chi connectivity index (χ3n) is 3.46. The molecule has 1 heterocycles. The fourth-order valence-corrected chi connectivity index (χ4v) is 3.46. The molecule has 0 saturated heterocycles. The molecule has 0 fully saturated rings. The molecule has 0 aliphatic heterocycles. The van der Waals surface area contributed by atoms with Crippen LogP contribution in [-0.2, 0) is 20.8 Å². The van der Waals surface area contributed by atoms with E-state index in [1.165, 1.54) is 23.6 Å². The average Bonchev–Trinajstić information content (AvgIpc) is 2.71. The van der Waals surface area contributed by atoms with Gasteiger partial charge in [-0.3, -0.25) is 14.4 Å². The molecule has 10 heteroatoms. The zero-order chi connectivity index (χ0) is 19.5. The molecular weight excluding hydrogens is 363 g/mol. The summed E-state index contributed by atoms with van der Waals surface area (Å²) in [5, 5.41) is 10.2. The van der Waals surface area contributed by atoms with Crippen LogP contribution >= 0.6 is 11.3 Å². The number of carbonyl (C=O) groups excluding carboxylic acids is 3. The number of aryl methyl sites for hydroxylation is 1. The van der Waals surface area contributed by atoms with Crippen LogP contribution in [0.2, 0.25) is 0 Å². The van der Waals surface area contributed by atoms with Gasteiger partial charge in [0.05, 0.1) is 0 Å². The van der Waals surface area contributed by atoms with Gasteiger partial charge in [-0.1, -0.05) is 0 Å². The minimum Gasteiger partial charge on any atom is -0.480 e. The molecule has 0 unspecified atom stereocenters. The zero-order valence-electron chi connectivity index (χ0n) is 13.6. The lowest BCUT2D eigenvalue weighted by Gasteiger charge is -2.15. The lowest BCUT2D eigenvalue weighted by molar-refractivity contribution is -0.175. The second-order valence-electron chi connectivity index (χ2n) is 5.42. The van der Waals surface area contributed by atoms with Crippen LogP contribution in [0.1, 0.15) is 39.0 Å². The van der Waals surface area contributed by atoms with Crippen molar-refractivity contribution in [3.05, 3.63) is 20.9 Å². The fraction of sp³-hybridized carbons (Fsp3) is 0.467. The number of alkyl halides is 3. The lowest BCUT2D eigenvalue weighted by atomic mass is 10.0. The highest BCUT2D eigenvalue weighted by Crippen LogP contribution is 2.28. The van der Waals surface area contributed by atoms with Crippen LogP contribution in [0.15, 0.2) is 0 Å². The summed E-state index contributed by atoms with van der Waals surface area (Å²) in [5.74, 6) is -5.14. The number of rotatable bonds is 7. The van der Waals surface area contributed by atoms with Gasteiger partial charge in [-0.05, 0) is 26.3 Å². The Morgan fingerprint density at radius 1 is 1.20 bits per heavy atom. The largest absolute Gasteiger partial charge is 0.480 e. The molecular formula is C15H16F3NO5S. The van der Waals surface area contributed by atoms with Crippen molar-refractivity contribution in [3.8, 4) is 0 Å². The molecule has 2 N–H and O–H groups in total. The van der Waals surface area contributed by atoms with Gasteiger partial charge in [0.1, 0.15) is 11.8 Å². The second kappa shape index (κ2) is 7.77. The average molecular weight is 379 g/mol. The monoisotopic (exact) mass is 379 g/mol. The Balaban J connectivity index is 2.90. The molecule has 0 aliphatic rings. The van der Waals surface area contributed by atoms with Gasteiger partial charge in [-0.2, -0.15) is 13.2 Å². The molecule has 1 atom stereocenters. The topological polar surface area (TPSA) is 101 Å². The number of aliphatic carboxylic acids is 1. The van der Waals surface area contributed by atoms with Crippen molar-refractivity contribution in [2.24, 2.45) is 0 Å². The van der Waals surface area contributed by atoms with Crippen LogP contribution in [0.25, 0.3) is 0 Å². The number of hydrogen-bond donors (Lipinski definition) is 2. The maximum absolute atomic E-state index is 12.2. The summed E-state index contributed by atoms with van der Waals surface area (Å²) < 4.78 is 36.7. The summed E-state index contributed by atoms with van der Waals surface area (Å²) in [6, 6.07) is -2.00. The van der Waals surface area contributed by atoms with E-state index in [2.05, 4.69) is 0 Å². The van der Waals surface area contributed by atoms with Gasteiger partial charge in [-0.25, -0.2) is 4.79 Å². The molecule has 1 amide bonds. The van der Waals surface area contributed by atoms with Crippen LogP contribution in [-0.4, -0.2) is 40.8 Å².